The number of hydrogen-bond acceptors (Lipinski definition) is 3. The average molecular weight is 280 g/mol. The second kappa shape index (κ2) is 5.63. The van der Waals surface area contributed by atoms with Gasteiger partial charge in [-0.3, -0.25) is 4.68 Å². The minimum absolute atomic E-state index is 0.0136. The van der Waals surface area contributed by atoms with Crippen LogP contribution in [0.4, 0.5) is 0 Å². The Morgan fingerprint density at radius 2 is 2.16 bits per heavy atom. The molecule has 4 nitrogen and oxygen atoms in total. The Bertz CT molecular complexity index is 580. The molecule has 1 heterocycles. The van der Waals surface area contributed by atoms with E-state index in [4.69, 9.17) is 16.3 Å². The van der Waals surface area contributed by atoms with Gasteiger partial charge in [-0.25, -0.2) is 0 Å². The molecule has 0 spiro atoms. The van der Waals surface area contributed by atoms with Gasteiger partial charge in [0.25, 0.3) is 0 Å². The number of ether oxygens (including phenoxy) is 1. The van der Waals surface area contributed by atoms with Crippen LogP contribution in [0.3, 0.4) is 0 Å². The molecule has 1 aromatic heterocycles. The number of benzene rings is 1. The fourth-order valence-corrected chi connectivity index (χ4v) is 2.54. The number of aromatic nitrogens is 2. The van der Waals surface area contributed by atoms with Crippen LogP contribution in [0.25, 0.3) is 0 Å². The molecule has 0 aliphatic rings. The lowest BCUT2D eigenvalue weighted by Gasteiger charge is -2.20. The maximum absolute atomic E-state index is 6.02. The van der Waals surface area contributed by atoms with Crippen molar-refractivity contribution < 1.29 is 4.74 Å². The van der Waals surface area contributed by atoms with Gasteiger partial charge >= 0.3 is 0 Å². The van der Waals surface area contributed by atoms with Crippen LogP contribution in [0.2, 0.25) is 5.02 Å². The number of nitrogens with one attached hydrogen (secondary N) is 1. The number of methoxy groups -OCH3 is 1. The van der Waals surface area contributed by atoms with Gasteiger partial charge < -0.3 is 10.1 Å². The van der Waals surface area contributed by atoms with Crippen molar-refractivity contribution >= 4 is 11.6 Å². The minimum Gasteiger partial charge on any atom is -0.493 e. The molecule has 0 amide bonds. The van der Waals surface area contributed by atoms with E-state index in [-0.39, 0.29) is 6.04 Å². The van der Waals surface area contributed by atoms with Crippen LogP contribution in [-0.4, -0.2) is 23.9 Å². The summed E-state index contributed by atoms with van der Waals surface area (Å²) in [5.74, 6) is 0.774. The van der Waals surface area contributed by atoms with Crippen LogP contribution in [-0.2, 0) is 7.05 Å². The minimum atomic E-state index is 0.0136. The molecule has 2 aromatic rings. The molecule has 1 unspecified atom stereocenters. The maximum atomic E-state index is 6.02. The Morgan fingerprint density at radius 3 is 2.74 bits per heavy atom. The van der Waals surface area contributed by atoms with Gasteiger partial charge in [0.15, 0.2) is 5.75 Å². The lowest BCUT2D eigenvalue weighted by Crippen LogP contribution is -2.22. The van der Waals surface area contributed by atoms with Gasteiger partial charge in [-0.15, -0.1) is 0 Å². The summed E-state index contributed by atoms with van der Waals surface area (Å²) in [7, 11) is 5.49. The molecule has 0 aliphatic carbocycles. The molecule has 2 rings (SSSR count). The van der Waals surface area contributed by atoms with Gasteiger partial charge in [0, 0.05) is 12.1 Å². The van der Waals surface area contributed by atoms with Crippen molar-refractivity contribution in [2.75, 3.05) is 14.2 Å². The summed E-state index contributed by atoms with van der Waals surface area (Å²) in [5.41, 5.74) is 3.29. The SMILES string of the molecule is CNC(c1ccc(Cl)cc1C)c1c(OC)cnn1C. The van der Waals surface area contributed by atoms with Crippen LogP contribution in [0.1, 0.15) is 22.9 Å². The monoisotopic (exact) mass is 279 g/mol. The number of rotatable bonds is 4. The Hall–Kier alpha value is -1.52. The lowest BCUT2D eigenvalue weighted by molar-refractivity contribution is 0.402. The Labute approximate surface area is 118 Å². The zero-order valence-corrected chi connectivity index (χ0v) is 12.3. The molecular weight excluding hydrogens is 262 g/mol. The first-order valence-corrected chi connectivity index (χ1v) is 6.45. The average Bonchev–Trinajstić information content (AvgIpc) is 2.74. The van der Waals surface area contributed by atoms with Crippen molar-refractivity contribution in [1.82, 2.24) is 15.1 Å². The summed E-state index contributed by atoms with van der Waals surface area (Å²) in [4.78, 5) is 0. The van der Waals surface area contributed by atoms with E-state index in [2.05, 4.69) is 10.4 Å². The van der Waals surface area contributed by atoms with E-state index in [1.54, 1.807) is 13.3 Å². The summed E-state index contributed by atoms with van der Waals surface area (Å²) in [6, 6.07) is 5.91. The van der Waals surface area contributed by atoms with Crippen molar-refractivity contribution in [3.05, 3.63) is 46.2 Å². The number of nitrogens with zero attached hydrogens (tertiary/aromatic N) is 2. The van der Waals surface area contributed by atoms with Crippen molar-refractivity contribution in [1.29, 1.82) is 0 Å². The lowest BCUT2D eigenvalue weighted by atomic mass is 9.98. The maximum Gasteiger partial charge on any atom is 0.161 e. The van der Waals surface area contributed by atoms with E-state index in [0.717, 1.165) is 27.6 Å². The molecule has 0 saturated carbocycles. The number of hydrogen-bond donors (Lipinski definition) is 1. The third-order valence-corrected chi connectivity index (χ3v) is 3.51. The van der Waals surface area contributed by atoms with Gasteiger partial charge in [-0.05, 0) is 37.2 Å². The largest absolute Gasteiger partial charge is 0.493 e. The smallest absolute Gasteiger partial charge is 0.161 e. The molecule has 0 aliphatic heterocycles. The first kappa shape index (κ1) is 13.9. The van der Waals surface area contributed by atoms with Crippen LogP contribution < -0.4 is 10.1 Å². The molecule has 1 atom stereocenters. The molecule has 1 N–H and O–H groups in total. The Kier molecular flexibility index (Phi) is 4.12. The summed E-state index contributed by atoms with van der Waals surface area (Å²) in [6.07, 6.45) is 1.73. The molecular formula is C14H18ClN3O. The highest BCUT2D eigenvalue weighted by Crippen LogP contribution is 2.31. The van der Waals surface area contributed by atoms with E-state index in [1.165, 1.54) is 0 Å². The van der Waals surface area contributed by atoms with Crippen LogP contribution in [0, 0.1) is 6.92 Å². The van der Waals surface area contributed by atoms with Crippen molar-refractivity contribution in [2.24, 2.45) is 7.05 Å². The van der Waals surface area contributed by atoms with Crippen molar-refractivity contribution in [3.8, 4) is 5.75 Å². The molecule has 0 radical (unpaired) electrons. The van der Waals surface area contributed by atoms with Gasteiger partial charge in [0.2, 0.25) is 0 Å². The Morgan fingerprint density at radius 1 is 1.42 bits per heavy atom. The summed E-state index contributed by atoms with van der Waals surface area (Å²) in [5, 5.41) is 8.31. The molecule has 19 heavy (non-hydrogen) atoms. The molecule has 0 fully saturated rings. The highest BCUT2D eigenvalue weighted by atomic mass is 35.5. The van der Waals surface area contributed by atoms with Crippen LogP contribution >= 0.6 is 11.6 Å². The zero-order chi connectivity index (χ0) is 14.0. The molecule has 0 saturated heterocycles. The number of halogens is 1. The van der Waals surface area contributed by atoms with E-state index < -0.39 is 0 Å². The van der Waals surface area contributed by atoms with Gasteiger partial charge in [-0.2, -0.15) is 5.10 Å². The molecule has 5 heteroatoms. The predicted molar refractivity (Wildman–Crippen MR) is 76.9 cm³/mol. The van der Waals surface area contributed by atoms with Crippen LogP contribution in [0.5, 0.6) is 5.75 Å². The van der Waals surface area contributed by atoms with Gasteiger partial charge in [0.1, 0.15) is 5.69 Å². The summed E-state index contributed by atoms with van der Waals surface area (Å²) in [6.45, 7) is 2.05. The van der Waals surface area contributed by atoms with Gasteiger partial charge in [-0.1, -0.05) is 17.7 Å². The normalized spacial score (nSPS) is 12.5. The topological polar surface area (TPSA) is 39.1 Å². The van der Waals surface area contributed by atoms with Crippen molar-refractivity contribution in [3.63, 3.8) is 0 Å². The third kappa shape index (κ3) is 2.60. The quantitative estimate of drug-likeness (QED) is 0.935. The standard InChI is InChI=1S/C14H18ClN3O/c1-9-7-10(15)5-6-11(9)13(16-2)14-12(19-4)8-17-18(14)3/h5-8,13,16H,1-4H3. The van der Waals surface area contributed by atoms with Crippen LogP contribution in [0.15, 0.2) is 24.4 Å². The van der Waals surface area contributed by atoms with E-state index in [1.807, 2.05) is 43.9 Å². The Balaban J connectivity index is 2.52. The predicted octanol–water partition coefficient (Wildman–Crippen LogP) is 2.70. The van der Waals surface area contributed by atoms with Crippen molar-refractivity contribution in [2.45, 2.75) is 13.0 Å². The highest BCUT2D eigenvalue weighted by molar-refractivity contribution is 6.30. The number of aryl methyl sites for hydroxylation is 2. The zero-order valence-electron chi connectivity index (χ0n) is 11.6. The fourth-order valence-electron chi connectivity index (χ4n) is 2.32. The third-order valence-electron chi connectivity index (χ3n) is 3.27. The second-order valence-electron chi connectivity index (χ2n) is 4.44. The van der Waals surface area contributed by atoms with Gasteiger partial charge in [0.05, 0.1) is 19.3 Å². The molecule has 1 aromatic carbocycles. The van der Waals surface area contributed by atoms with E-state index in [0.29, 0.717) is 0 Å². The van der Waals surface area contributed by atoms with E-state index in [9.17, 15) is 0 Å². The summed E-state index contributed by atoms with van der Waals surface area (Å²) >= 11 is 6.02. The first-order chi connectivity index (χ1) is 9.08. The summed E-state index contributed by atoms with van der Waals surface area (Å²) < 4.78 is 7.21. The second-order valence-corrected chi connectivity index (χ2v) is 4.88. The highest BCUT2D eigenvalue weighted by Gasteiger charge is 2.22. The molecule has 102 valence electrons. The fraction of sp³-hybridized carbons (Fsp3) is 0.357. The van der Waals surface area contributed by atoms with E-state index >= 15 is 0 Å². The molecule has 0 bridgehead atoms. The first-order valence-electron chi connectivity index (χ1n) is 6.07.